The molecule has 7 nitrogen and oxygen atoms in total. The molecule has 0 amide bonds. The van der Waals surface area contributed by atoms with E-state index in [9.17, 15) is 18.5 Å². The van der Waals surface area contributed by atoms with Gasteiger partial charge in [-0.25, -0.2) is 13.4 Å². The summed E-state index contributed by atoms with van der Waals surface area (Å²) in [5.41, 5.74) is 0.221. The van der Waals surface area contributed by atoms with Crippen molar-refractivity contribution in [1.82, 2.24) is 9.29 Å². The van der Waals surface area contributed by atoms with E-state index in [0.717, 1.165) is 15.4 Å². The Labute approximate surface area is 134 Å². The third kappa shape index (κ3) is 3.40. The zero-order valence-electron chi connectivity index (χ0n) is 10.9. The number of nitrogens with zero attached hydrogens (tertiary/aromatic N) is 3. The Kier molecular flexibility index (Phi) is 4.63. The number of rotatable bonds is 5. The Morgan fingerprint density at radius 2 is 2.19 bits per heavy atom. The standard InChI is InChI=1S/C10H10ClN3O4S3/c1-6-12-7(5-19-6)4-13(2)21(17,18)9-3-8(14(15)16)10(11)20-9/h3,5H,4H2,1-2H3. The van der Waals surface area contributed by atoms with Crippen LogP contribution in [0.5, 0.6) is 0 Å². The maximum atomic E-state index is 12.4. The molecule has 0 saturated heterocycles. The number of halogens is 1. The number of hydrogen-bond acceptors (Lipinski definition) is 7. The van der Waals surface area contributed by atoms with Gasteiger partial charge in [-0.15, -0.1) is 22.7 Å². The number of sulfonamides is 1. The molecule has 0 spiro atoms. The van der Waals surface area contributed by atoms with E-state index in [1.807, 2.05) is 6.92 Å². The molecule has 0 aromatic carbocycles. The largest absolute Gasteiger partial charge is 0.300 e. The predicted octanol–water partition coefficient (Wildman–Crippen LogP) is 2.90. The normalized spacial score (nSPS) is 12.0. The average molecular weight is 368 g/mol. The van der Waals surface area contributed by atoms with E-state index < -0.39 is 20.6 Å². The molecule has 0 fully saturated rings. The first-order valence-corrected chi connectivity index (χ1v) is 9.04. The molecule has 0 bridgehead atoms. The fourth-order valence-corrected chi connectivity index (χ4v) is 5.16. The first kappa shape index (κ1) is 16.3. The highest BCUT2D eigenvalue weighted by atomic mass is 35.5. The van der Waals surface area contributed by atoms with Gasteiger partial charge in [0.2, 0.25) is 0 Å². The summed E-state index contributed by atoms with van der Waals surface area (Å²) < 4.78 is 25.5. The van der Waals surface area contributed by atoms with Crippen molar-refractivity contribution in [2.24, 2.45) is 0 Å². The molecule has 0 N–H and O–H groups in total. The molecule has 2 aromatic rings. The maximum absolute atomic E-state index is 12.4. The lowest BCUT2D eigenvalue weighted by Crippen LogP contribution is -2.26. The lowest BCUT2D eigenvalue weighted by molar-refractivity contribution is -0.384. The van der Waals surface area contributed by atoms with Crippen molar-refractivity contribution in [1.29, 1.82) is 0 Å². The highest BCUT2D eigenvalue weighted by molar-refractivity contribution is 7.91. The van der Waals surface area contributed by atoms with Crippen molar-refractivity contribution in [3.63, 3.8) is 0 Å². The number of aromatic nitrogens is 1. The van der Waals surface area contributed by atoms with Crippen LogP contribution in [0.4, 0.5) is 5.69 Å². The Morgan fingerprint density at radius 1 is 1.52 bits per heavy atom. The van der Waals surface area contributed by atoms with Gasteiger partial charge in [0.25, 0.3) is 15.7 Å². The molecule has 0 saturated carbocycles. The van der Waals surface area contributed by atoms with Crippen LogP contribution in [-0.2, 0) is 16.6 Å². The van der Waals surface area contributed by atoms with Crippen molar-refractivity contribution in [3.8, 4) is 0 Å². The van der Waals surface area contributed by atoms with Crippen LogP contribution in [0, 0.1) is 17.0 Å². The fourth-order valence-electron chi connectivity index (χ4n) is 1.54. The molecule has 2 heterocycles. The van der Waals surface area contributed by atoms with Gasteiger partial charge in [0.05, 0.1) is 22.2 Å². The molecule has 0 unspecified atom stereocenters. The lowest BCUT2D eigenvalue weighted by Gasteiger charge is -2.14. The van der Waals surface area contributed by atoms with E-state index in [0.29, 0.717) is 17.0 Å². The van der Waals surface area contributed by atoms with Gasteiger partial charge in [-0.2, -0.15) is 4.31 Å². The van der Waals surface area contributed by atoms with E-state index in [1.54, 1.807) is 5.38 Å². The van der Waals surface area contributed by atoms with Gasteiger partial charge in [0.15, 0.2) is 4.34 Å². The van der Waals surface area contributed by atoms with E-state index >= 15 is 0 Å². The number of thiophene rings is 1. The van der Waals surface area contributed by atoms with Crippen LogP contribution in [0.3, 0.4) is 0 Å². The molecule has 114 valence electrons. The highest BCUT2D eigenvalue weighted by Gasteiger charge is 2.28. The topological polar surface area (TPSA) is 93.4 Å². The first-order valence-electron chi connectivity index (χ1n) is 5.53. The second kappa shape index (κ2) is 5.97. The summed E-state index contributed by atoms with van der Waals surface area (Å²) in [6, 6.07) is 0.977. The predicted molar refractivity (Wildman–Crippen MR) is 81.5 cm³/mol. The summed E-state index contributed by atoms with van der Waals surface area (Å²) in [5, 5.41) is 13.3. The van der Waals surface area contributed by atoms with Gasteiger partial charge in [0.1, 0.15) is 4.21 Å². The molecule has 0 aliphatic rings. The molecule has 2 aromatic heterocycles. The van der Waals surface area contributed by atoms with Gasteiger partial charge in [0, 0.05) is 18.5 Å². The number of hydrogen-bond donors (Lipinski definition) is 0. The summed E-state index contributed by atoms with van der Waals surface area (Å²) in [7, 11) is -2.44. The fraction of sp³-hybridized carbons (Fsp3) is 0.300. The SMILES string of the molecule is Cc1nc(CN(C)S(=O)(=O)c2cc([N+](=O)[O-])c(Cl)s2)cs1. The van der Waals surface area contributed by atoms with Crippen molar-refractivity contribution < 1.29 is 13.3 Å². The lowest BCUT2D eigenvalue weighted by atomic mass is 10.5. The molecule has 0 aliphatic heterocycles. The zero-order chi connectivity index (χ0) is 15.8. The number of thiazole rings is 1. The first-order chi connectivity index (χ1) is 9.71. The molecular formula is C10H10ClN3O4S3. The van der Waals surface area contributed by atoms with Crippen LogP contribution in [0.25, 0.3) is 0 Å². The van der Waals surface area contributed by atoms with Crippen LogP contribution in [0.2, 0.25) is 4.34 Å². The molecule has 11 heteroatoms. The third-order valence-electron chi connectivity index (χ3n) is 2.56. The zero-order valence-corrected chi connectivity index (χ0v) is 14.1. The molecule has 0 radical (unpaired) electrons. The van der Waals surface area contributed by atoms with Crippen LogP contribution < -0.4 is 0 Å². The second-order valence-corrected chi connectivity index (χ2v) is 9.09. The highest BCUT2D eigenvalue weighted by Crippen LogP contribution is 2.37. The van der Waals surface area contributed by atoms with Crippen molar-refractivity contribution in [2.45, 2.75) is 17.7 Å². The molecule has 0 aliphatic carbocycles. The van der Waals surface area contributed by atoms with Crippen LogP contribution in [-0.4, -0.2) is 29.7 Å². The Hall–Kier alpha value is -1.07. The minimum absolute atomic E-state index is 0.0932. The monoisotopic (exact) mass is 367 g/mol. The maximum Gasteiger partial charge on any atom is 0.300 e. The minimum atomic E-state index is -3.84. The number of nitro groups is 1. The van der Waals surface area contributed by atoms with Crippen molar-refractivity contribution in [2.75, 3.05) is 7.05 Å². The van der Waals surface area contributed by atoms with Crippen LogP contribution in [0.1, 0.15) is 10.7 Å². The van der Waals surface area contributed by atoms with Crippen LogP contribution >= 0.6 is 34.3 Å². The smallest absolute Gasteiger partial charge is 0.258 e. The van der Waals surface area contributed by atoms with E-state index in [4.69, 9.17) is 11.6 Å². The molecule has 2 rings (SSSR count). The summed E-state index contributed by atoms with van der Waals surface area (Å²) in [6.45, 7) is 1.92. The number of aryl methyl sites for hydroxylation is 1. The molecular weight excluding hydrogens is 358 g/mol. The van der Waals surface area contributed by atoms with E-state index in [1.165, 1.54) is 18.4 Å². The van der Waals surface area contributed by atoms with Gasteiger partial charge < -0.3 is 0 Å². The summed E-state index contributed by atoms with van der Waals surface area (Å²) >= 11 is 7.79. The van der Waals surface area contributed by atoms with Crippen LogP contribution in [0.15, 0.2) is 15.7 Å². The average Bonchev–Trinajstić information content (AvgIpc) is 2.95. The Morgan fingerprint density at radius 3 is 2.67 bits per heavy atom. The quantitative estimate of drug-likeness (QED) is 0.598. The summed E-state index contributed by atoms with van der Waals surface area (Å²) in [6.07, 6.45) is 0. The van der Waals surface area contributed by atoms with Gasteiger partial charge in [-0.05, 0) is 6.92 Å². The van der Waals surface area contributed by atoms with E-state index in [-0.39, 0.29) is 15.1 Å². The summed E-state index contributed by atoms with van der Waals surface area (Å²) in [5.74, 6) is 0. The van der Waals surface area contributed by atoms with Crippen molar-refractivity contribution in [3.05, 3.63) is 36.6 Å². The van der Waals surface area contributed by atoms with Crippen molar-refractivity contribution >= 4 is 50.0 Å². The summed E-state index contributed by atoms with van der Waals surface area (Å²) in [4.78, 5) is 14.2. The van der Waals surface area contributed by atoms with E-state index in [2.05, 4.69) is 4.98 Å². The Balaban J connectivity index is 2.28. The Bertz CT molecular complexity index is 783. The van der Waals surface area contributed by atoms with Gasteiger partial charge >= 0.3 is 0 Å². The van der Waals surface area contributed by atoms with Gasteiger partial charge in [-0.1, -0.05) is 11.6 Å². The second-order valence-electron chi connectivity index (χ2n) is 4.10. The third-order valence-corrected chi connectivity index (χ3v) is 6.97. The minimum Gasteiger partial charge on any atom is -0.258 e. The van der Waals surface area contributed by atoms with Gasteiger partial charge in [-0.3, -0.25) is 10.1 Å². The molecule has 21 heavy (non-hydrogen) atoms. The molecule has 0 atom stereocenters.